The van der Waals surface area contributed by atoms with Crippen molar-refractivity contribution in [2.45, 2.75) is 6.54 Å². The lowest BCUT2D eigenvalue weighted by Crippen LogP contribution is -2.17. The molecule has 0 N–H and O–H groups in total. The van der Waals surface area contributed by atoms with E-state index in [-0.39, 0.29) is 0 Å². The van der Waals surface area contributed by atoms with Crippen molar-refractivity contribution in [1.29, 1.82) is 0 Å². The van der Waals surface area contributed by atoms with Crippen molar-refractivity contribution in [3.63, 3.8) is 0 Å². The Morgan fingerprint density at radius 1 is 0.268 bits per heavy atom. The zero-order valence-corrected chi connectivity index (χ0v) is 31.0. The van der Waals surface area contributed by atoms with E-state index in [2.05, 4.69) is 229 Å². The lowest BCUT2D eigenvalue weighted by molar-refractivity contribution is 0.978. The summed E-state index contributed by atoms with van der Waals surface area (Å²) in [4.78, 5) is 2.46. The third-order valence-corrected chi connectivity index (χ3v) is 11.2. The number of benzene rings is 10. The minimum Gasteiger partial charge on any atom is -0.337 e. The predicted octanol–water partition coefficient (Wildman–Crippen LogP) is 15.2. The van der Waals surface area contributed by atoms with Crippen LogP contribution in [0.5, 0.6) is 0 Å². The van der Waals surface area contributed by atoms with Gasteiger partial charge in [-0.05, 0) is 119 Å². The van der Waals surface area contributed by atoms with E-state index in [9.17, 15) is 0 Å². The van der Waals surface area contributed by atoms with Crippen molar-refractivity contribution in [3.8, 4) is 44.5 Å². The van der Waals surface area contributed by atoms with E-state index in [0.29, 0.717) is 6.54 Å². The Morgan fingerprint density at radius 3 is 1.46 bits per heavy atom. The molecule has 0 bridgehead atoms. The molecule has 0 aromatic heterocycles. The van der Waals surface area contributed by atoms with E-state index < -0.39 is 0 Å². The van der Waals surface area contributed by atoms with E-state index in [1.54, 1.807) is 0 Å². The summed E-state index contributed by atoms with van der Waals surface area (Å²) < 4.78 is 0. The first-order chi connectivity index (χ1) is 27.8. The molecule has 0 amide bonds. The highest BCUT2D eigenvalue weighted by Crippen LogP contribution is 2.39. The number of anilines is 2. The molecule has 10 aromatic rings. The molecule has 0 saturated carbocycles. The van der Waals surface area contributed by atoms with E-state index in [0.717, 1.165) is 11.4 Å². The molecule has 0 heterocycles. The Kier molecular flexibility index (Phi) is 8.67. The van der Waals surface area contributed by atoms with Crippen molar-refractivity contribution in [2.24, 2.45) is 0 Å². The van der Waals surface area contributed by atoms with Crippen LogP contribution in [0.4, 0.5) is 11.4 Å². The normalized spacial score (nSPS) is 11.3. The minimum absolute atomic E-state index is 0.700. The first-order valence-electron chi connectivity index (χ1n) is 19.4. The van der Waals surface area contributed by atoms with Crippen molar-refractivity contribution < 1.29 is 0 Å². The molecule has 10 aromatic carbocycles. The molecular formula is C55H39N. The standard InChI is InChI=1S/C55H39N/c1-3-14-39(15-4-1)44-26-27-46(54(36-44)41-16-5-2-6-17-41)38-56(47-32-28-42(29-33-47)50-25-13-20-40-18-7-9-21-49(40)50)48-34-30-43(31-35-48)55-37-45-19-8-10-22-51(45)52-23-11-12-24-53(52)55/h1-37H,38H2. The second kappa shape index (κ2) is 14.5. The van der Waals surface area contributed by atoms with Gasteiger partial charge in [0.25, 0.3) is 0 Å². The molecule has 0 aliphatic heterocycles. The van der Waals surface area contributed by atoms with Gasteiger partial charge in [-0.1, -0.05) is 188 Å². The van der Waals surface area contributed by atoms with E-state index in [1.807, 2.05) is 0 Å². The SMILES string of the molecule is c1ccc(-c2ccc(CN(c3ccc(-c4cccc5ccccc45)cc3)c3ccc(-c4cc5ccccc5c5ccccc45)cc3)c(-c3ccccc3)c2)cc1. The second-order valence-corrected chi connectivity index (χ2v) is 14.5. The molecule has 0 aliphatic rings. The zero-order chi connectivity index (χ0) is 37.3. The molecular weight excluding hydrogens is 675 g/mol. The minimum atomic E-state index is 0.700. The summed E-state index contributed by atoms with van der Waals surface area (Å²) in [6.07, 6.45) is 0. The highest BCUT2D eigenvalue weighted by Gasteiger charge is 2.17. The van der Waals surface area contributed by atoms with Crippen LogP contribution in [0.1, 0.15) is 5.56 Å². The monoisotopic (exact) mass is 713 g/mol. The van der Waals surface area contributed by atoms with E-state index in [4.69, 9.17) is 0 Å². The molecule has 0 saturated heterocycles. The molecule has 56 heavy (non-hydrogen) atoms. The topological polar surface area (TPSA) is 3.24 Å². The fourth-order valence-corrected chi connectivity index (χ4v) is 8.33. The summed E-state index contributed by atoms with van der Waals surface area (Å²) in [6.45, 7) is 0.700. The Bertz CT molecular complexity index is 2960. The molecule has 264 valence electrons. The molecule has 10 rings (SSSR count). The van der Waals surface area contributed by atoms with Gasteiger partial charge in [0.15, 0.2) is 0 Å². The van der Waals surface area contributed by atoms with Gasteiger partial charge in [0, 0.05) is 17.9 Å². The van der Waals surface area contributed by atoms with Crippen LogP contribution in [0.25, 0.3) is 76.8 Å². The quantitative estimate of drug-likeness (QED) is 0.142. The van der Waals surface area contributed by atoms with Gasteiger partial charge in [0.1, 0.15) is 0 Å². The Hall–Kier alpha value is -7.22. The molecule has 0 spiro atoms. The van der Waals surface area contributed by atoms with Crippen molar-refractivity contribution in [1.82, 2.24) is 0 Å². The first-order valence-corrected chi connectivity index (χ1v) is 19.4. The van der Waals surface area contributed by atoms with Gasteiger partial charge in [-0.25, -0.2) is 0 Å². The number of hydrogen-bond acceptors (Lipinski definition) is 1. The molecule has 1 nitrogen and oxygen atoms in total. The number of fused-ring (bicyclic) bond motifs is 4. The van der Waals surface area contributed by atoms with Crippen molar-refractivity contribution in [2.75, 3.05) is 4.90 Å². The summed E-state index contributed by atoms with van der Waals surface area (Å²) in [5, 5.41) is 7.61. The third-order valence-electron chi connectivity index (χ3n) is 11.2. The number of hydrogen-bond donors (Lipinski definition) is 0. The van der Waals surface area contributed by atoms with Crippen LogP contribution in [0, 0.1) is 0 Å². The van der Waals surface area contributed by atoms with Crippen LogP contribution >= 0.6 is 0 Å². The van der Waals surface area contributed by atoms with Gasteiger partial charge in [-0.3, -0.25) is 0 Å². The van der Waals surface area contributed by atoms with Crippen molar-refractivity contribution >= 4 is 43.7 Å². The zero-order valence-electron chi connectivity index (χ0n) is 31.0. The van der Waals surface area contributed by atoms with Gasteiger partial charge in [0.2, 0.25) is 0 Å². The Labute approximate surface area is 328 Å². The van der Waals surface area contributed by atoms with Crippen LogP contribution < -0.4 is 4.90 Å². The summed E-state index contributed by atoms with van der Waals surface area (Å²) in [7, 11) is 0. The number of rotatable bonds is 8. The average molecular weight is 714 g/mol. The van der Waals surface area contributed by atoms with Crippen LogP contribution in [-0.4, -0.2) is 0 Å². The lowest BCUT2D eigenvalue weighted by Gasteiger charge is -2.27. The maximum atomic E-state index is 2.46. The summed E-state index contributed by atoms with van der Waals surface area (Å²) in [6, 6.07) is 81.7. The average Bonchev–Trinajstić information content (AvgIpc) is 3.28. The van der Waals surface area contributed by atoms with Gasteiger partial charge in [-0.2, -0.15) is 0 Å². The summed E-state index contributed by atoms with van der Waals surface area (Å²) >= 11 is 0. The van der Waals surface area contributed by atoms with E-state index >= 15 is 0 Å². The van der Waals surface area contributed by atoms with E-state index in [1.165, 1.54) is 82.4 Å². The Morgan fingerprint density at radius 2 is 0.768 bits per heavy atom. The fraction of sp³-hybridized carbons (Fsp3) is 0.0182. The maximum absolute atomic E-state index is 2.46. The van der Waals surface area contributed by atoms with Gasteiger partial charge in [0.05, 0.1) is 0 Å². The smallest absolute Gasteiger partial charge is 0.0487 e. The predicted molar refractivity (Wildman–Crippen MR) is 239 cm³/mol. The maximum Gasteiger partial charge on any atom is 0.0487 e. The second-order valence-electron chi connectivity index (χ2n) is 14.5. The first kappa shape index (κ1) is 33.4. The molecule has 1 heteroatoms. The van der Waals surface area contributed by atoms with Gasteiger partial charge >= 0.3 is 0 Å². The van der Waals surface area contributed by atoms with Crippen LogP contribution in [0.3, 0.4) is 0 Å². The van der Waals surface area contributed by atoms with Crippen molar-refractivity contribution in [3.05, 3.63) is 230 Å². The highest BCUT2D eigenvalue weighted by molar-refractivity contribution is 6.13. The van der Waals surface area contributed by atoms with Gasteiger partial charge < -0.3 is 4.90 Å². The molecule has 0 unspecified atom stereocenters. The lowest BCUT2D eigenvalue weighted by atomic mass is 9.93. The molecule has 0 fully saturated rings. The Balaban J connectivity index is 1.09. The highest BCUT2D eigenvalue weighted by atomic mass is 15.1. The van der Waals surface area contributed by atoms with Crippen LogP contribution in [0.2, 0.25) is 0 Å². The molecule has 0 aliphatic carbocycles. The fourth-order valence-electron chi connectivity index (χ4n) is 8.33. The molecule has 0 radical (unpaired) electrons. The third kappa shape index (κ3) is 6.30. The number of nitrogens with zero attached hydrogens (tertiary/aromatic N) is 1. The summed E-state index contributed by atoms with van der Waals surface area (Å²) in [5.74, 6) is 0. The van der Waals surface area contributed by atoms with Crippen LogP contribution in [0.15, 0.2) is 224 Å². The van der Waals surface area contributed by atoms with Gasteiger partial charge in [-0.15, -0.1) is 0 Å². The summed E-state index contributed by atoms with van der Waals surface area (Å²) in [5.41, 5.74) is 13.3. The largest absolute Gasteiger partial charge is 0.337 e. The van der Waals surface area contributed by atoms with Crippen LogP contribution in [-0.2, 0) is 6.54 Å². The molecule has 0 atom stereocenters.